The first-order valence-electron chi connectivity index (χ1n) is 7.88. The highest BCUT2D eigenvalue weighted by Crippen LogP contribution is 2.31. The molecule has 2 aromatic heterocycles. The molecule has 3 heterocycles. The molecule has 1 fully saturated rings. The number of nitrogens with zero attached hydrogens (tertiary/aromatic N) is 3. The fourth-order valence-electron chi connectivity index (χ4n) is 3.23. The first kappa shape index (κ1) is 14.4. The summed E-state index contributed by atoms with van der Waals surface area (Å²) < 4.78 is 0. The summed E-state index contributed by atoms with van der Waals surface area (Å²) in [6, 6.07) is 6.19. The zero-order valence-electron chi connectivity index (χ0n) is 13.0. The molecule has 1 saturated heterocycles. The number of hydrogen-bond donors (Lipinski definition) is 1. The Balaban J connectivity index is 1.70. The van der Waals surface area contributed by atoms with E-state index in [0.29, 0.717) is 5.69 Å². The van der Waals surface area contributed by atoms with Gasteiger partial charge >= 0.3 is 0 Å². The highest BCUT2D eigenvalue weighted by Gasteiger charge is 2.31. The number of nitrogens with one attached hydrogen (secondary N) is 1. The molecule has 5 nitrogen and oxygen atoms in total. The van der Waals surface area contributed by atoms with Crippen molar-refractivity contribution in [1.29, 1.82) is 0 Å². The number of likely N-dealkylation sites (tertiary alicyclic amines) is 1. The van der Waals surface area contributed by atoms with E-state index in [-0.39, 0.29) is 11.9 Å². The van der Waals surface area contributed by atoms with Crippen LogP contribution in [0.25, 0.3) is 11.0 Å². The molecule has 1 aliphatic rings. The lowest BCUT2D eigenvalue weighted by Crippen LogP contribution is -2.39. The second-order valence-corrected chi connectivity index (χ2v) is 6.75. The number of imidazole rings is 1. The van der Waals surface area contributed by atoms with Gasteiger partial charge in [-0.2, -0.15) is 0 Å². The number of aromatic amines is 1. The van der Waals surface area contributed by atoms with Gasteiger partial charge in [-0.05, 0) is 43.9 Å². The number of aryl methyl sites for hydroxylation is 1. The van der Waals surface area contributed by atoms with E-state index in [1.807, 2.05) is 16.3 Å². The number of fused-ring (bicyclic) bond motifs is 1. The smallest absolute Gasteiger partial charge is 0.273 e. The molecular weight excluding hydrogens is 308 g/mol. The number of piperidine rings is 1. The molecule has 118 valence electrons. The van der Waals surface area contributed by atoms with Crippen molar-refractivity contribution in [3.05, 3.63) is 46.2 Å². The summed E-state index contributed by atoms with van der Waals surface area (Å²) in [5.41, 5.74) is 5.43. The number of amides is 1. The number of carbonyl (C=O) groups is 1. The van der Waals surface area contributed by atoms with Gasteiger partial charge < -0.3 is 9.88 Å². The zero-order valence-corrected chi connectivity index (χ0v) is 13.8. The largest absolute Gasteiger partial charge is 0.340 e. The fourth-order valence-corrected chi connectivity index (χ4v) is 3.75. The predicted molar refractivity (Wildman–Crippen MR) is 90.6 cm³/mol. The molecule has 0 aliphatic carbocycles. The van der Waals surface area contributed by atoms with Gasteiger partial charge in [0.1, 0.15) is 11.5 Å². The van der Waals surface area contributed by atoms with Crippen LogP contribution in [-0.4, -0.2) is 32.3 Å². The molecule has 1 N–H and O–H groups in total. The van der Waals surface area contributed by atoms with Crippen molar-refractivity contribution in [3.8, 4) is 0 Å². The number of thiazole rings is 1. The summed E-state index contributed by atoms with van der Waals surface area (Å²) in [4.78, 5) is 27.0. The molecule has 3 aromatic rings. The number of aromatic nitrogens is 3. The van der Waals surface area contributed by atoms with Crippen LogP contribution in [0.3, 0.4) is 0 Å². The second kappa shape index (κ2) is 5.77. The lowest BCUT2D eigenvalue weighted by atomic mass is 10.0. The average Bonchev–Trinajstić information content (AvgIpc) is 3.23. The van der Waals surface area contributed by atoms with E-state index in [4.69, 9.17) is 4.98 Å². The van der Waals surface area contributed by atoms with Gasteiger partial charge in [0.15, 0.2) is 0 Å². The fraction of sp³-hybridized carbons (Fsp3) is 0.353. The van der Waals surface area contributed by atoms with Gasteiger partial charge in [0.25, 0.3) is 5.91 Å². The van der Waals surface area contributed by atoms with Crippen molar-refractivity contribution in [2.45, 2.75) is 32.2 Å². The van der Waals surface area contributed by atoms with Crippen LogP contribution in [0.4, 0.5) is 0 Å². The molecule has 23 heavy (non-hydrogen) atoms. The maximum absolute atomic E-state index is 12.7. The Bertz CT molecular complexity index is 840. The van der Waals surface area contributed by atoms with Gasteiger partial charge in [-0.1, -0.05) is 6.07 Å². The minimum absolute atomic E-state index is 0.00524. The van der Waals surface area contributed by atoms with Crippen molar-refractivity contribution < 1.29 is 4.79 Å². The monoisotopic (exact) mass is 326 g/mol. The molecule has 1 aliphatic heterocycles. The van der Waals surface area contributed by atoms with E-state index in [1.165, 1.54) is 16.9 Å². The number of benzene rings is 1. The summed E-state index contributed by atoms with van der Waals surface area (Å²) in [5, 5.41) is 1.82. The number of carbonyl (C=O) groups excluding carboxylic acids is 1. The predicted octanol–water partition coefficient (Wildman–Crippen LogP) is 3.70. The van der Waals surface area contributed by atoms with Gasteiger partial charge in [-0.3, -0.25) is 4.79 Å². The molecule has 0 radical (unpaired) electrons. The van der Waals surface area contributed by atoms with Gasteiger partial charge in [-0.15, -0.1) is 11.3 Å². The summed E-state index contributed by atoms with van der Waals surface area (Å²) in [6.45, 7) is 2.83. The maximum Gasteiger partial charge on any atom is 0.273 e. The van der Waals surface area contributed by atoms with Crippen molar-refractivity contribution in [2.75, 3.05) is 6.54 Å². The van der Waals surface area contributed by atoms with Crippen LogP contribution in [0.5, 0.6) is 0 Å². The van der Waals surface area contributed by atoms with E-state index in [2.05, 4.69) is 29.0 Å². The van der Waals surface area contributed by atoms with Crippen molar-refractivity contribution in [2.24, 2.45) is 0 Å². The third-order valence-corrected chi connectivity index (χ3v) is 4.97. The Kier molecular flexibility index (Phi) is 3.61. The Morgan fingerprint density at radius 2 is 2.30 bits per heavy atom. The van der Waals surface area contributed by atoms with Crippen LogP contribution in [0.15, 0.2) is 29.1 Å². The quantitative estimate of drug-likeness (QED) is 0.781. The number of hydrogen-bond acceptors (Lipinski definition) is 4. The third-order valence-electron chi connectivity index (χ3n) is 4.39. The van der Waals surface area contributed by atoms with Gasteiger partial charge in [0.2, 0.25) is 0 Å². The van der Waals surface area contributed by atoms with Crippen LogP contribution in [0.2, 0.25) is 0 Å². The normalized spacial score (nSPS) is 18.5. The standard InChI is InChI=1S/C17H18N4OS/c1-11-5-6-12-13(8-11)20-16(19-12)15-4-2-3-7-21(15)17(22)14-9-23-10-18-14/h5-6,8-10,15H,2-4,7H2,1H3,(H,19,20). The highest BCUT2D eigenvalue weighted by molar-refractivity contribution is 7.07. The molecule has 1 atom stereocenters. The van der Waals surface area contributed by atoms with Gasteiger partial charge in [-0.25, -0.2) is 9.97 Å². The lowest BCUT2D eigenvalue weighted by molar-refractivity contribution is 0.0596. The Hall–Kier alpha value is -2.21. The number of H-pyrrole nitrogens is 1. The van der Waals surface area contributed by atoms with Crippen molar-refractivity contribution in [3.63, 3.8) is 0 Å². The number of rotatable bonds is 2. The van der Waals surface area contributed by atoms with E-state index < -0.39 is 0 Å². The Morgan fingerprint density at radius 1 is 1.39 bits per heavy atom. The van der Waals surface area contributed by atoms with E-state index in [1.54, 1.807) is 5.51 Å². The minimum atomic E-state index is 0.00524. The summed E-state index contributed by atoms with van der Waals surface area (Å²) in [5.74, 6) is 0.890. The molecule has 1 unspecified atom stereocenters. The van der Waals surface area contributed by atoms with Crippen LogP contribution in [-0.2, 0) is 0 Å². The van der Waals surface area contributed by atoms with Crippen LogP contribution in [0.1, 0.15) is 47.2 Å². The van der Waals surface area contributed by atoms with Crippen molar-refractivity contribution >= 4 is 28.3 Å². The first-order chi connectivity index (χ1) is 11.2. The second-order valence-electron chi connectivity index (χ2n) is 6.03. The maximum atomic E-state index is 12.7. The molecule has 4 rings (SSSR count). The minimum Gasteiger partial charge on any atom is -0.340 e. The molecule has 0 saturated carbocycles. The summed E-state index contributed by atoms with van der Waals surface area (Å²) >= 11 is 1.45. The Labute approximate surface area is 138 Å². The van der Waals surface area contributed by atoms with E-state index in [9.17, 15) is 4.79 Å². The highest BCUT2D eigenvalue weighted by atomic mass is 32.1. The van der Waals surface area contributed by atoms with Crippen molar-refractivity contribution in [1.82, 2.24) is 19.9 Å². The van der Waals surface area contributed by atoms with Gasteiger partial charge in [0.05, 0.1) is 22.6 Å². The lowest BCUT2D eigenvalue weighted by Gasteiger charge is -2.34. The van der Waals surface area contributed by atoms with Crippen LogP contribution < -0.4 is 0 Å². The zero-order chi connectivity index (χ0) is 15.8. The first-order valence-corrected chi connectivity index (χ1v) is 8.82. The van der Waals surface area contributed by atoms with E-state index >= 15 is 0 Å². The SMILES string of the molecule is Cc1ccc2nc(C3CCCCN3C(=O)c3cscn3)[nH]c2c1. The van der Waals surface area contributed by atoms with Gasteiger partial charge in [0, 0.05) is 11.9 Å². The Morgan fingerprint density at radius 3 is 3.13 bits per heavy atom. The van der Waals surface area contributed by atoms with Crippen LogP contribution >= 0.6 is 11.3 Å². The summed E-state index contributed by atoms with van der Waals surface area (Å²) in [6.07, 6.45) is 3.09. The molecular formula is C17H18N4OS. The topological polar surface area (TPSA) is 61.9 Å². The van der Waals surface area contributed by atoms with Crippen LogP contribution in [0, 0.1) is 6.92 Å². The third kappa shape index (κ3) is 2.63. The molecule has 0 bridgehead atoms. The molecule has 6 heteroatoms. The average molecular weight is 326 g/mol. The molecule has 0 spiro atoms. The molecule has 1 aromatic carbocycles. The molecule has 1 amide bonds. The summed E-state index contributed by atoms with van der Waals surface area (Å²) in [7, 11) is 0. The van der Waals surface area contributed by atoms with E-state index in [0.717, 1.165) is 42.7 Å².